The summed E-state index contributed by atoms with van der Waals surface area (Å²) in [5.41, 5.74) is 1.60. The average Bonchev–Trinajstić information content (AvgIpc) is 3.52. The zero-order valence-corrected chi connectivity index (χ0v) is 25.9. The van der Waals surface area contributed by atoms with Crippen molar-refractivity contribution in [2.24, 2.45) is 0 Å². The monoisotopic (exact) mass is 590 g/mol. The maximum Gasteiger partial charge on any atom is 0.486 e. The summed E-state index contributed by atoms with van der Waals surface area (Å²) in [6.45, 7) is 2.16. The minimum atomic E-state index is -1.07. The molecule has 0 bridgehead atoms. The van der Waals surface area contributed by atoms with Gasteiger partial charge in [0.1, 0.15) is 23.4 Å². The van der Waals surface area contributed by atoms with Crippen molar-refractivity contribution in [2.75, 3.05) is 14.2 Å². The van der Waals surface area contributed by atoms with Gasteiger partial charge < -0.3 is 23.9 Å². The van der Waals surface area contributed by atoms with Crippen LogP contribution >= 0.6 is 0 Å². The highest BCUT2D eigenvalue weighted by Crippen LogP contribution is 2.50. The normalized spacial score (nSPS) is 18.1. The second-order valence-electron chi connectivity index (χ2n) is 11.3. The van der Waals surface area contributed by atoms with Crippen LogP contribution in [0.5, 0.6) is 0 Å². The van der Waals surface area contributed by atoms with E-state index < -0.39 is 36.6 Å². The molecular weight excluding hydrogens is 547 g/mol. The predicted molar refractivity (Wildman–Crippen MR) is 176 cm³/mol. The summed E-state index contributed by atoms with van der Waals surface area (Å²) in [6, 6.07) is 40.6. The summed E-state index contributed by atoms with van der Waals surface area (Å²) in [4.78, 5) is 0. The summed E-state index contributed by atoms with van der Waals surface area (Å²) in [5, 5.41) is 10.7. The molecule has 6 heteroatoms. The highest BCUT2D eigenvalue weighted by Gasteiger charge is 2.61. The third-order valence-electron chi connectivity index (χ3n) is 8.69. The Morgan fingerprint density at radius 2 is 1.02 bits per heavy atom. The van der Waals surface area contributed by atoms with Crippen molar-refractivity contribution in [3.8, 4) is 0 Å². The Bertz CT molecular complexity index is 1250. The predicted octanol–water partition coefficient (Wildman–Crippen LogP) is 7.48. The molecule has 5 rings (SSSR count). The Labute approximate surface area is 262 Å². The van der Waals surface area contributed by atoms with Gasteiger partial charge in [-0.15, -0.1) is 0 Å². The number of rotatable bonds is 14. The zero-order chi connectivity index (χ0) is 30.8. The molecular formula is C38H43BO5. The van der Waals surface area contributed by atoms with E-state index in [9.17, 15) is 5.11 Å². The molecule has 1 aliphatic heterocycles. The molecule has 0 unspecified atom stereocenters. The molecule has 0 saturated carbocycles. The third kappa shape index (κ3) is 6.32. The van der Waals surface area contributed by atoms with Crippen molar-refractivity contribution in [3.63, 3.8) is 0 Å². The fourth-order valence-electron chi connectivity index (χ4n) is 6.53. The lowest BCUT2D eigenvalue weighted by Crippen LogP contribution is -2.56. The molecule has 0 aliphatic carbocycles. The number of aliphatic hydroxyl groups is 1. The number of aliphatic hydroxyl groups excluding tert-OH is 1. The quantitative estimate of drug-likeness (QED) is 0.122. The molecule has 3 atom stereocenters. The topological polar surface area (TPSA) is 57.2 Å². The van der Waals surface area contributed by atoms with Crippen molar-refractivity contribution in [1.29, 1.82) is 0 Å². The molecule has 44 heavy (non-hydrogen) atoms. The fraction of sp³-hybridized carbons (Fsp3) is 0.316. The molecule has 1 heterocycles. The van der Waals surface area contributed by atoms with Crippen LogP contribution in [0.15, 0.2) is 133 Å². The highest BCUT2D eigenvalue weighted by atomic mass is 16.7. The van der Waals surface area contributed by atoms with Crippen LogP contribution in [0.3, 0.4) is 0 Å². The molecule has 0 amide bonds. The van der Waals surface area contributed by atoms with Crippen molar-refractivity contribution < 1.29 is 23.9 Å². The van der Waals surface area contributed by atoms with Gasteiger partial charge in [-0.25, -0.2) is 0 Å². The van der Waals surface area contributed by atoms with Crippen LogP contribution in [-0.2, 0) is 30.0 Å². The van der Waals surface area contributed by atoms with Crippen molar-refractivity contribution in [3.05, 3.63) is 156 Å². The van der Waals surface area contributed by atoms with Crippen LogP contribution in [0.4, 0.5) is 0 Å². The van der Waals surface area contributed by atoms with E-state index in [1.165, 1.54) is 0 Å². The van der Waals surface area contributed by atoms with Gasteiger partial charge in [-0.05, 0) is 28.7 Å². The first-order chi connectivity index (χ1) is 21.6. The van der Waals surface area contributed by atoms with Gasteiger partial charge in [0.25, 0.3) is 0 Å². The van der Waals surface area contributed by atoms with E-state index in [-0.39, 0.29) is 0 Å². The van der Waals surface area contributed by atoms with E-state index in [1.807, 2.05) is 78.8 Å². The molecule has 4 aromatic carbocycles. The maximum atomic E-state index is 10.7. The average molecular weight is 591 g/mol. The van der Waals surface area contributed by atoms with Crippen LogP contribution < -0.4 is 0 Å². The molecule has 1 aliphatic rings. The minimum Gasteiger partial charge on any atom is -0.398 e. The second-order valence-corrected chi connectivity index (χ2v) is 11.3. The number of methoxy groups -OCH3 is 2. The molecule has 0 aromatic heterocycles. The Hall–Kier alpha value is -3.52. The first kappa shape index (κ1) is 31.9. The van der Waals surface area contributed by atoms with Crippen LogP contribution in [0.25, 0.3) is 0 Å². The summed E-state index contributed by atoms with van der Waals surface area (Å²) < 4.78 is 27.2. The molecule has 1 N–H and O–H groups in total. The van der Waals surface area contributed by atoms with Crippen LogP contribution in [-0.4, -0.2) is 44.8 Å². The summed E-state index contributed by atoms with van der Waals surface area (Å²) in [7, 11) is 2.69. The minimum absolute atomic E-state index is 0.586. The van der Waals surface area contributed by atoms with Gasteiger partial charge in [-0.1, -0.05) is 160 Å². The Morgan fingerprint density at radius 1 is 0.659 bits per heavy atom. The van der Waals surface area contributed by atoms with E-state index in [1.54, 1.807) is 20.3 Å². The van der Waals surface area contributed by atoms with E-state index in [0.29, 0.717) is 6.42 Å². The van der Waals surface area contributed by atoms with E-state index in [4.69, 9.17) is 18.8 Å². The SMILES string of the molecule is CCCCC[C@H](O)/C=C/B1O[C@@H](C(OC)(c2ccccc2)c2ccccc2)[C@H](C(OC)(c2ccccc2)c2ccccc2)O1. The van der Waals surface area contributed by atoms with Gasteiger partial charge >= 0.3 is 7.12 Å². The van der Waals surface area contributed by atoms with E-state index in [2.05, 4.69) is 55.5 Å². The third-order valence-corrected chi connectivity index (χ3v) is 8.69. The van der Waals surface area contributed by atoms with Crippen molar-refractivity contribution >= 4 is 7.12 Å². The molecule has 228 valence electrons. The van der Waals surface area contributed by atoms with Crippen LogP contribution in [0.2, 0.25) is 0 Å². The maximum absolute atomic E-state index is 10.7. The zero-order valence-electron chi connectivity index (χ0n) is 25.9. The molecule has 4 aromatic rings. The first-order valence-corrected chi connectivity index (χ1v) is 15.6. The van der Waals surface area contributed by atoms with Gasteiger partial charge in [0, 0.05) is 14.2 Å². The standard InChI is InChI=1S/C38H43BO5/c1-4-5-10-27-34(40)28-29-39-43-35(37(41-2,30-19-11-6-12-20-30)31-21-13-7-14-22-31)36(44-39)38(42-3,32-23-15-8-16-24-32)33-25-17-9-18-26-33/h6-9,11-26,28-29,34-36,40H,4-5,10,27H2,1-3H3/b29-28+/t34-,35+,36+/m0/s1. The van der Waals surface area contributed by atoms with Gasteiger partial charge in [0.15, 0.2) is 0 Å². The van der Waals surface area contributed by atoms with Crippen molar-refractivity contribution in [2.45, 2.75) is 62.1 Å². The van der Waals surface area contributed by atoms with Gasteiger partial charge in [-0.3, -0.25) is 0 Å². The molecule has 5 nitrogen and oxygen atoms in total. The largest absolute Gasteiger partial charge is 0.486 e. The van der Waals surface area contributed by atoms with Gasteiger partial charge in [0.2, 0.25) is 0 Å². The number of benzene rings is 4. The van der Waals surface area contributed by atoms with Crippen LogP contribution in [0.1, 0.15) is 54.9 Å². The lowest BCUT2D eigenvalue weighted by Gasteiger charge is -2.46. The smallest absolute Gasteiger partial charge is 0.398 e. The highest BCUT2D eigenvalue weighted by molar-refractivity contribution is 6.51. The van der Waals surface area contributed by atoms with Gasteiger partial charge in [-0.2, -0.15) is 0 Å². The van der Waals surface area contributed by atoms with Crippen LogP contribution in [0, 0.1) is 0 Å². The Kier molecular flexibility index (Phi) is 10.9. The van der Waals surface area contributed by atoms with Crippen molar-refractivity contribution in [1.82, 2.24) is 0 Å². The summed E-state index contributed by atoms with van der Waals surface area (Å²) in [5.74, 6) is 1.83. The first-order valence-electron chi connectivity index (χ1n) is 15.6. The fourth-order valence-corrected chi connectivity index (χ4v) is 6.53. The lowest BCUT2D eigenvalue weighted by molar-refractivity contribution is -0.136. The molecule has 0 spiro atoms. The lowest BCUT2D eigenvalue weighted by atomic mass is 9.71. The number of unbranched alkanes of at least 4 members (excludes halogenated alkanes) is 2. The summed E-state index contributed by atoms with van der Waals surface area (Å²) >= 11 is 0. The number of hydrogen-bond donors (Lipinski definition) is 1. The molecule has 0 radical (unpaired) electrons. The van der Waals surface area contributed by atoms with Gasteiger partial charge in [0.05, 0.1) is 6.10 Å². The Balaban J connectivity index is 1.71. The summed E-state index contributed by atoms with van der Waals surface area (Å²) in [6.07, 6.45) is 3.69. The number of ether oxygens (including phenoxy) is 2. The second kappa shape index (κ2) is 15.0. The van der Waals surface area contributed by atoms with E-state index >= 15 is 0 Å². The Morgan fingerprint density at radius 3 is 1.34 bits per heavy atom. The van der Waals surface area contributed by atoms with E-state index in [0.717, 1.165) is 41.5 Å². The molecule has 1 saturated heterocycles. The number of hydrogen-bond acceptors (Lipinski definition) is 5. The molecule has 1 fully saturated rings.